The van der Waals surface area contributed by atoms with E-state index in [-0.39, 0.29) is 18.2 Å². The van der Waals surface area contributed by atoms with Crippen LogP contribution in [-0.2, 0) is 4.79 Å². The first kappa shape index (κ1) is 16.9. The van der Waals surface area contributed by atoms with Crippen LogP contribution in [0.1, 0.15) is 32.8 Å². The van der Waals surface area contributed by atoms with Crippen LogP contribution in [-0.4, -0.2) is 30.0 Å². The maximum absolute atomic E-state index is 13.2. The van der Waals surface area contributed by atoms with Gasteiger partial charge < -0.3 is 15.3 Å². The van der Waals surface area contributed by atoms with E-state index in [1.54, 1.807) is 0 Å². The third-order valence-corrected chi connectivity index (χ3v) is 2.88. The lowest BCUT2D eigenvalue weighted by Crippen LogP contribution is -2.30. The Kier molecular flexibility index (Phi) is 6.65. The fourth-order valence-electron chi connectivity index (χ4n) is 1.66. The van der Waals surface area contributed by atoms with Gasteiger partial charge in [-0.25, -0.2) is 4.39 Å². The van der Waals surface area contributed by atoms with Crippen LogP contribution in [0.25, 0.3) is 0 Å². The molecular weight excluding hydrogens is 275 g/mol. The summed E-state index contributed by atoms with van der Waals surface area (Å²) in [6.45, 7) is 6.09. The summed E-state index contributed by atoms with van der Waals surface area (Å²) in [7, 11) is 0. The highest BCUT2D eigenvalue weighted by atomic mass is 19.1. The predicted molar refractivity (Wildman–Crippen MR) is 78.4 cm³/mol. The number of amides is 1. The Morgan fingerprint density at radius 3 is 2.81 bits per heavy atom. The molecule has 0 bridgehead atoms. The molecule has 1 aromatic carbocycles. The Labute approximate surface area is 123 Å². The molecule has 0 aliphatic heterocycles. The summed E-state index contributed by atoms with van der Waals surface area (Å²) in [5, 5.41) is 14.5. The number of nitrogens with one attached hydrogen (secondary N) is 1. The van der Waals surface area contributed by atoms with Crippen LogP contribution < -0.4 is 10.1 Å². The molecule has 0 unspecified atom stereocenters. The molecule has 0 radical (unpaired) electrons. The highest BCUT2D eigenvalue weighted by Gasteiger charge is 2.11. The van der Waals surface area contributed by atoms with E-state index in [4.69, 9.17) is 9.94 Å². The van der Waals surface area contributed by atoms with Crippen molar-refractivity contribution in [3.8, 4) is 5.75 Å². The van der Waals surface area contributed by atoms with Gasteiger partial charge in [0.1, 0.15) is 11.6 Å². The lowest BCUT2D eigenvalue weighted by Gasteiger charge is -2.11. The minimum Gasteiger partial charge on any atom is -0.483 e. The summed E-state index contributed by atoms with van der Waals surface area (Å²) in [6, 6.07) is 3.82. The number of nitrogens with zero attached hydrogens (tertiary/aromatic N) is 1. The first-order valence-electron chi connectivity index (χ1n) is 6.82. The number of ether oxygens (including phenoxy) is 1. The second kappa shape index (κ2) is 8.24. The average Bonchev–Trinajstić information content (AvgIpc) is 2.44. The van der Waals surface area contributed by atoms with Gasteiger partial charge in [0.25, 0.3) is 5.91 Å². The quantitative estimate of drug-likeness (QED) is 0.461. The molecule has 116 valence electrons. The zero-order valence-electron chi connectivity index (χ0n) is 12.5. The number of halogens is 1. The Hall–Kier alpha value is -2.11. The number of rotatable bonds is 7. The minimum atomic E-state index is -0.471. The molecule has 1 rings (SSSR count). The number of oxime groups is 1. The summed E-state index contributed by atoms with van der Waals surface area (Å²) in [4.78, 5) is 11.6. The number of hydrogen-bond donors (Lipinski definition) is 2. The van der Waals surface area contributed by atoms with Gasteiger partial charge in [0, 0.05) is 12.1 Å². The normalized spacial score (nSPS) is 11.6. The fourth-order valence-corrected chi connectivity index (χ4v) is 1.66. The molecule has 0 fully saturated rings. The van der Waals surface area contributed by atoms with Crippen LogP contribution in [0.3, 0.4) is 0 Å². The Bertz CT molecular complexity index is 516. The van der Waals surface area contributed by atoms with E-state index in [9.17, 15) is 9.18 Å². The van der Waals surface area contributed by atoms with Gasteiger partial charge in [-0.05, 0) is 37.5 Å². The summed E-state index contributed by atoms with van der Waals surface area (Å²) < 4.78 is 18.6. The molecule has 1 amide bonds. The predicted octanol–water partition coefficient (Wildman–Crippen LogP) is 2.57. The first-order valence-corrected chi connectivity index (χ1v) is 6.82. The number of benzene rings is 1. The van der Waals surface area contributed by atoms with Crippen LogP contribution >= 0.6 is 0 Å². The van der Waals surface area contributed by atoms with Gasteiger partial charge in [-0.3, -0.25) is 4.79 Å². The SMILES string of the molecule is C/C(=N\O)c1cc(F)ccc1OCC(=O)NCCC(C)C. The summed E-state index contributed by atoms with van der Waals surface area (Å²) in [5.41, 5.74) is 0.525. The van der Waals surface area contributed by atoms with Gasteiger partial charge in [0.2, 0.25) is 0 Å². The Morgan fingerprint density at radius 1 is 1.48 bits per heavy atom. The molecule has 0 aromatic heterocycles. The van der Waals surface area contributed by atoms with Crippen LogP contribution in [0.15, 0.2) is 23.4 Å². The standard InChI is InChI=1S/C15H21FN2O3/c1-10(2)6-7-17-15(19)9-21-14-5-4-12(16)8-13(14)11(3)18-20/h4-5,8,10,20H,6-7,9H2,1-3H3,(H,17,19)/b18-11+. The molecule has 6 heteroatoms. The second-order valence-electron chi connectivity index (χ2n) is 5.15. The van der Waals surface area contributed by atoms with Gasteiger partial charge in [0.15, 0.2) is 6.61 Å². The summed E-state index contributed by atoms with van der Waals surface area (Å²) >= 11 is 0. The first-order chi connectivity index (χ1) is 9.93. The number of carbonyl (C=O) groups is 1. The number of carbonyl (C=O) groups excluding carboxylic acids is 1. The van der Waals surface area contributed by atoms with Crippen molar-refractivity contribution in [2.24, 2.45) is 11.1 Å². The van der Waals surface area contributed by atoms with E-state index in [2.05, 4.69) is 24.3 Å². The molecular formula is C15H21FN2O3. The van der Waals surface area contributed by atoms with Crippen LogP contribution in [0, 0.1) is 11.7 Å². The van der Waals surface area contributed by atoms with Crippen molar-refractivity contribution in [1.82, 2.24) is 5.32 Å². The zero-order chi connectivity index (χ0) is 15.8. The average molecular weight is 296 g/mol. The van der Waals surface area contributed by atoms with Crippen molar-refractivity contribution >= 4 is 11.6 Å². The van der Waals surface area contributed by atoms with Crippen molar-refractivity contribution in [2.75, 3.05) is 13.2 Å². The molecule has 0 spiro atoms. The smallest absolute Gasteiger partial charge is 0.257 e. The fraction of sp³-hybridized carbons (Fsp3) is 0.467. The molecule has 0 saturated carbocycles. The lowest BCUT2D eigenvalue weighted by atomic mass is 10.1. The van der Waals surface area contributed by atoms with Crippen molar-refractivity contribution < 1.29 is 19.1 Å². The van der Waals surface area contributed by atoms with Gasteiger partial charge in [-0.15, -0.1) is 0 Å². The third-order valence-electron chi connectivity index (χ3n) is 2.88. The zero-order valence-corrected chi connectivity index (χ0v) is 12.5. The highest BCUT2D eigenvalue weighted by molar-refractivity contribution is 6.00. The van der Waals surface area contributed by atoms with Crippen LogP contribution in [0.4, 0.5) is 4.39 Å². The van der Waals surface area contributed by atoms with Gasteiger partial charge in [-0.1, -0.05) is 19.0 Å². The third kappa shape index (κ3) is 5.81. The van der Waals surface area contributed by atoms with E-state index in [0.29, 0.717) is 23.8 Å². The van der Waals surface area contributed by atoms with Gasteiger partial charge in [-0.2, -0.15) is 0 Å². The highest BCUT2D eigenvalue weighted by Crippen LogP contribution is 2.20. The van der Waals surface area contributed by atoms with Crippen LogP contribution in [0.5, 0.6) is 5.75 Å². The van der Waals surface area contributed by atoms with Crippen LogP contribution in [0.2, 0.25) is 0 Å². The molecule has 5 nitrogen and oxygen atoms in total. The summed E-state index contributed by atoms with van der Waals surface area (Å²) in [6.07, 6.45) is 0.893. The van der Waals surface area contributed by atoms with E-state index < -0.39 is 5.82 Å². The monoisotopic (exact) mass is 296 g/mol. The van der Waals surface area contributed by atoms with Crippen molar-refractivity contribution in [1.29, 1.82) is 0 Å². The van der Waals surface area contributed by atoms with Crippen molar-refractivity contribution in [2.45, 2.75) is 27.2 Å². The minimum absolute atomic E-state index is 0.171. The molecule has 0 atom stereocenters. The maximum Gasteiger partial charge on any atom is 0.257 e. The molecule has 0 saturated heterocycles. The molecule has 0 aliphatic carbocycles. The van der Waals surface area contributed by atoms with Crippen molar-refractivity contribution in [3.05, 3.63) is 29.6 Å². The summed E-state index contributed by atoms with van der Waals surface area (Å²) in [5.74, 6) is 0.0929. The molecule has 1 aromatic rings. The topological polar surface area (TPSA) is 70.9 Å². The van der Waals surface area contributed by atoms with E-state index in [1.165, 1.54) is 25.1 Å². The molecule has 2 N–H and O–H groups in total. The Morgan fingerprint density at radius 2 is 2.19 bits per heavy atom. The van der Waals surface area contributed by atoms with Gasteiger partial charge in [0.05, 0.1) is 5.71 Å². The largest absolute Gasteiger partial charge is 0.483 e. The van der Waals surface area contributed by atoms with E-state index >= 15 is 0 Å². The maximum atomic E-state index is 13.2. The molecule has 21 heavy (non-hydrogen) atoms. The Balaban J connectivity index is 2.61. The molecule has 0 heterocycles. The number of hydrogen-bond acceptors (Lipinski definition) is 4. The van der Waals surface area contributed by atoms with E-state index in [1.807, 2.05) is 0 Å². The van der Waals surface area contributed by atoms with E-state index in [0.717, 1.165) is 6.42 Å². The molecule has 0 aliphatic rings. The second-order valence-corrected chi connectivity index (χ2v) is 5.15. The van der Waals surface area contributed by atoms with Gasteiger partial charge >= 0.3 is 0 Å². The van der Waals surface area contributed by atoms with Crippen molar-refractivity contribution in [3.63, 3.8) is 0 Å². The lowest BCUT2D eigenvalue weighted by molar-refractivity contribution is -0.123.